The molecule has 1 aliphatic heterocycles. The molecule has 2 heteroatoms. The average Bonchev–Trinajstić information content (AvgIpc) is 2.55. The van der Waals surface area contributed by atoms with Gasteiger partial charge >= 0.3 is 0 Å². The Hall–Kier alpha value is -1.07. The van der Waals surface area contributed by atoms with Crippen LogP contribution in [0.2, 0.25) is 0 Å². The summed E-state index contributed by atoms with van der Waals surface area (Å²) < 4.78 is 12.5. The number of hydrogen-bond donors (Lipinski definition) is 0. The van der Waals surface area contributed by atoms with Crippen molar-refractivity contribution in [2.45, 2.75) is 6.42 Å². The van der Waals surface area contributed by atoms with Crippen LogP contribution in [0.1, 0.15) is 5.56 Å². The zero-order valence-electron chi connectivity index (χ0n) is 8.73. The van der Waals surface area contributed by atoms with Gasteiger partial charge in [0.2, 0.25) is 0 Å². The normalized spacial score (nSPS) is 24.3. The lowest BCUT2D eigenvalue weighted by molar-refractivity contribution is 0.586. The summed E-state index contributed by atoms with van der Waals surface area (Å²) in [6.45, 7) is 1.92. The molecular formula is C13H13OP. The van der Waals surface area contributed by atoms with Crippen LogP contribution in [0.3, 0.4) is 0 Å². The molecule has 0 fully saturated rings. The second-order valence-electron chi connectivity index (χ2n) is 4.37. The van der Waals surface area contributed by atoms with Gasteiger partial charge in [0.1, 0.15) is 7.14 Å². The van der Waals surface area contributed by atoms with Gasteiger partial charge in [-0.1, -0.05) is 36.4 Å². The third-order valence-electron chi connectivity index (χ3n) is 3.26. The first-order valence-electron chi connectivity index (χ1n) is 5.26. The van der Waals surface area contributed by atoms with Gasteiger partial charge in [0.25, 0.3) is 0 Å². The summed E-state index contributed by atoms with van der Waals surface area (Å²) in [6, 6.07) is 12.5. The van der Waals surface area contributed by atoms with Crippen molar-refractivity contribution in [2.75, 3.05) is 12.8 Å². The first kappa shape index (κ1) is 9.18. The van der Waals surface area contributed by atoms with Crippen molar-refractivity contribution < 1.29 is 4.57 Å². The van der Waals surface area contributed by atoms with Gasteiger partial charge in [0, 0.05) is 11.5 Å². The van der Waals surface area contributed by atoms with Crippen LogP contribution < -0.4 is 5.30 Å². The van der Waals surface area contributed by atoms with Gasteiger partial charge in [-0.25, -0.2) is 0 Å². The van der Waals surface area contributed by atoms with Crippen LogP contribution >= 0.6 is 7.14 Å². The van der Waals surface area contributed by atoms with Gasteiger partial charge < -0.3 is 4.57 Å². The monoisotopic (exact) mass is 216 g/mol. The average molecular weight is 216 g/mol. The molecule has 1 nitrogen and oxygen atoms in total. The smallest absolute Gasteiger partial charge is 0.113 e. The Morgan fingerprint density at radius 3 is 2.80 bits per heavy atom. The molecule has 2 aromatic rings. The van der Waals surface area contributed by atoms with Crippen LogP contribution in [0.25, 0.3) is 10.8 Å². The Balaban J connectivity index is 2.48. The lowest BCUT2D eigenvalue weighted by Crippen LogP contribution is -2.04. The highest BCUT2D eigenvalue weighted by molar-refractivity contribution is 7.71. The van der Waals surface area contributed by atoms with E-state index in [9.17, 15) is 4.57 Å². The van der Waals surface area contributed by atoms with Crippen molar-refractivity contribution in [1.82, 2.24) is 0 Å². The maximum atomic E-state index is 12.5. The van der Waals surface area contributed by atoms with Crippen molar-refractivity contribution >= 4 is 23.2 Å². The Bertz CT molecular complexity index is 586. The fourth-order valence-corrected chi connectivity index (χ4v) is 4.90. The van der Waals surface area contributed by atoms with E-state index in [0.717, 1.165) is 17.9 Å². The summed E-state index contributed by atoms with van der Waals surface area (Å²) in [5.74, 6) is 0. The Morgan fingerprint density at radius 2 is 1.93 bits per heavy atom. The minimum atomic E-state index is -2.08. The molecule has 0 aliphatic carbocycles. The summed E-state index contributed by atoms with van der Waals surface area (Å²) in [6.07, 6.45) is 1.82. The highest BCUT2D eigenvalue weighted by Crippen LogP contribution is 2.48. The van der Waals surface area contributed by atoms with E-state index in [4.69, 9.17) is 0 Å². The van der Waals surface area contributed by atoms with E-state index < -0.39 is 7.14 Å². The van der Waals surface area contributed by atoms with E-state index in [1.165, 1.54) is 16.3 Å². The van der Waals surface area contributed by atoms with Gasteiger partial charge in [-0.05, 0) is 29.4 Å². The van der Waals surface area contributed by atoms with E-state index in [1.54, 1.807) is 0 Å². The SMILES string of the molecule is CP1(=O)CCc2ccc3ccccc3c21. The molecule has 0 N–H and O–H groups in total. The number of aryl methyl sites for hydroxylation is 1. The standard InChI is InChI=1S/C13H13OP/c1-15(14)9-8-11-7-6-10-4-2-3-5-12(10)13(11)15/h2-7H,8-9H2,1H3. The molecule has 0 saturated carbocycles. The van der Waals surface area contributed by atoms with Gasteiger partial charge in [0.15, 0.2) is 0 Å². The van der Waals surface area contributed by atoms with Crippen molar-refractivity contribution in [3.63, 3.8) is 0 Å². The zero-order chi connectivity index (χ0) is 10.5. The highest BCUT2D eigenvalue weighted by Gasteiger charge is 2.29. The summed E-state index contributed by atoms with van der Waals surface area (Å²) in [7, 11) is -2.08. The van der Waals surface area contributed by atoms with Gasteiger partial charge in [-0.3, -0.25) is 0 Å². The lowest BCUT2D eigenvalue weighted by Gasteiger charge is -2.09. The summed E-state index contributed by atoms with van der Waals surface area (Å²) in [5.41, 5.74) is 1.29. The Kier molecular flexibility index (Phi) is 1.81. The molecule has 1 unspecified atom stereocenters. The topological polar surface area (TPSA) is 17.1 Å². The molecule has 2 aromatic carbocycles. The molecule has 0 aromatic heterocycles. The number of benzene rings is 2. The molecule has 1 aliphatic rings. The number of rotatable bonds is 0. The largest absolute Gasteiger partial charge is 0.319 e. The minimum absolute atomic E-state index is 0.844. The van der Waals surface area contributed by atoms with Gasteiger partial charge in [-0.2, -0.15) is 0 Å². The fraction of sp³-hybridized carbons (Fsp3) is 0.231. The second kappa shape index (κ2) is 2.96. The molecule has 0 saturated heterocycles. The van der Waals surface area contributed by atoms with Crippen LogP contribution in [0, 0.1) is 0 Å². The van der Waals surface area contributed by atoms with Gasteiger partial charge in [-0.15, -0.1) is 0 Å². The van der Waals surface area contributed by atoms with E-state index in [2.05, 4.69) is 24.3 Å². The van der Waals surface area contributed by atoms with Crippen LogP contribution in [-0.2, 0) is 11.0 Å². The fourth-order valence-electron chi connectivity index (χ4n) is 2.51. The number of fused-ring (bicyclic) bond motifs is 3. The van der Waals surface area contributed by atoms with Crippen LogP contribution in [0.4, 0.5) is 0 Å². The third kappa shape index (κ3) is 1.27. The van der Waals surface area contributed by atoms with Crippen molar-refractivity contribution in [2.24, 2.45) is 0 Å². The first-order chi connectivity index (χ1) is 7.18. The molecular weight excluding hydrogens is 203 g/mol. The van der Waals surface area contributed by atoms with Crippen LogP contribution in [-0.4, -0.2) is 12.8 Å². The first-order valence-corrected chi connectivity index (χ1v) is 7.60. The van der Waals surface area contributed by atoms with Crippen molar-refractivity contribution in [3.8, 4) is 0 Å². The molecule has 3 rings (SSSR count). The molecule has 1 atom stereocenters. The van der Waals surface area contributed by atoms with Gasteiger partial charge in [0.05, 0.1) is 0 Å². The second-order valence-corrected chi connectivity index (χ2v) is 7.47. The number of hydrogen-bond acceptors (Lipinski definition) is 1. The maximum absolute atomic E-state index is 12.5. The lowest BCUT2D eigenvalue weighted by atomic mass is 10.1. The molecule has 0 bridgehead atoms. The van der Waals surface area contributed by atoms with Crippen LogP contribution in [0.5, 0.6) is 0 Å². The highest BCUT2D eigenvalue weighted by atomic mass is 31.2. The van der Waals surface area contributed by atoms with E-state index in [1.807, 2.05) is 18.8 Å². The minimum Gasteiger partial charge on any atom is -0.319 e. The third-order valence-corrected chi connectivity index (χ3v) is 5.82. The molecule has 0 spiro atoms. The predicted molar refractivity (Wildman–Crippen MR) is 65.7 cm³/mol. The van der Waals surface area contributed by atoms with Crippen LogP contribution in [0.15, 0.2) is 36.4 Å². The van der Waals surface area contributed by atoms with Crippen molar-refractivity contribution in [3.05, 3.63) is 42.0 Å². The maximum Gasteiger partial charge on any atom is 0.113 e. The summed E-state index contributed by atoms with van der Waals surface area (Å²) in [4.78, 5) is 0. The molecule has 76 valence electrons. The Labute approximate surface area is 89.5 Å². The Morgan fingerprint density at radius 1 is 1.13 bits per heavy atom. The predicted octanol–water partition coefficient (Wildman–Crippen LogP) is 3.01. The quantitative estimate of drug-likeness (QED) is 0.619. The van der Waals surface area contributed by atoms with E-state index in [0.29, 0.717) is 0 Å². The zero-order valence-corrected chi connectivity index (χ0v) is 9.63. The molecule has 0 radical (unpaired) electrons. The van der Waals surface area contributed by atoms with E-state index >= 15 is 0 Å². The van der Waals surface area contributed by atoms with E-state index in [-0.39, 0.29) is 0 Å². The summed E-state index contributed by atoms with van der Waals surface area (Å²) in [5, 5.41) is 3.54. The molecule has 0 amide bonds. The molecule has 15 heavy (non-hydrogen) atoms. The molecule has 1 heterocycles. The van der Waals surface area contributed by atoms with Crippen molar-refractivity contribution in [1.29, 1.82) is 0 Å². The summed E-state index contributed by atoms with van der Waals surface area (Å²) >= 11 is 0.